The Morgan fingerprint density at radius 3 is 2.50 bits per heavy atom. The lowest BCUT2D eigenvalue weighted by atomic mass is 10.2. The lowest BCUT2D eigenvalue weighted by molar-refractivity contribution is -0.132. The van der Waals surface area contributed by atoms with Crippen LogP contribution in [-0.2, 0) is 11.3 Å². The van der Waals surface area contributed by atoms with E-state index in [0.717, 1.165) is 18.5 Å². The Bertz CT molecular complexity index is 420. The monoisotopic (exact) mass is 300 g/mol. The molecule has 1 aliphatic rings. The molecule has 0 aliphatic heterocycles. The van der Waals surface area contributed by atoms with Crippen LogP contribution in [0.1, 0.15) is 31.2 Å². The number of rotatable bonds is 7. The summed E-state index contributed by atoms with van der Waals surface area (Å²) in [5.74, 6) is 0.566. The second kappa shape index (κ2) is 8.22. The molecular weight excluding hydrogens is 279 g/mol. The molecule has 1 aromatic carbocycles. The van der Waals surface area contributed by atoms with E-state index in [2.05, 4.69) is 0 Å². The highest BCUT2D eigenvalue weighted by Gasteiger charge is 2.26. The van der Waals surface area contributed by atoms with Crippen LogP contribution in [0.5, 0.6) is 0 Å². The maximum Gasteiger partial charge on any atom is 0.222 e. The van der Waals surface area contributed by atoms with Gasteiger partial charge in [0, 0.05) is 19.5 Å². The third-order valence-corrected chi connectivity index (χ3v) is 3.41. The van der Waals surface area contributed by atoms with E-state index in [1.807, 2.05) is 4.90 Å². The number of hydrogen-bond acceptors (Lipinski definition) is 2. The quantitative estimate of drug-likeness (QED) is 0.841. The molecule has 0 saturated heterocycles. The van der Waals surface area contributed by atoms with E-state index in [9.17, 15) is 9.18 Å². The van der Waals surface area contributed by atoms with Gasteiger partial charge in [-0.3, -0.25) is 4.79 Å². The van der Waals surface area contributed by atoms with Gasteiger partial charge in [-0.25, -0.2) is 4.39 Å². The van der Waals surface area contributed by atoms with Gasteiger partial charge in [-0.05, 0) is 49.4 Å². The number of nitrogens with zero attached hydrogens (tertiary/aromatic N) is 1. The van der Waals surface area contributed by atoms with Gasteiger partial charge in [0.05, 0.1) is 0 Å². The van der Waals surface area contributed by atoms with Gasteiger partial charge in [-0.1, -0.05) is 12.1 Å². The van der Waals surface area contributed by atoms with Crippen molar-refractivity contribution in [1.29, 1.82) is 0 Å². The zero-order valence-corrected chi connectivity index (χ0v) is 12.4. The molecular formula is C15H22ClFN2O. The van der Waals surface area contributed by atoms with Gasteiger partial charge in [-0.2, -0.15) is 0 Å². The van der Waals surface area contributed by atoms with E-state index >= 15 is 0 Å². The van der Waals surface area contributed by atoms with Crippen molar-refractivity contribution in [2.24, 2.45) is 11.7 Å². The van der Waals surface area contributed by atoms with Gasteiger partial charge in [0.2, 0.25) is 5.91 Å². The first kappa shape index (κ1) is 16.9. The molecule has 3 nitrogen and oxygen atoms in total. The second-order valence-electron chi connectivity index (χ2n) is 5.24. The molecule has 1 fully saturated rings. The Morgan fingerprint density at radius 2 is 1.95 bits per heavy atom. The largest absolute Gasteiger partial charge is 0.338 e. The van der Waals surface area contributed by atoms with E-state index in [1.54, 1.807) is 12.1 Å². The van der Waals surface area contributed by atoms with E-state index in [1.165, 1.54) is 25.0 Å². The lowest BCUT2D eigenvalue weighted by Gasteiger charge is -2.23. The fourth-order valence-corrected chi connectivity index (χ4v) is 2.09. The molecule has 1 aromatic rings. The van der Waals surface area contributed by atoms with Crippen molar-refractivity contribution in [2.75, 3.05) is 13.1 Å². The number of hydrogen-bond donors (Lipinski definition) is 1. The van der Waals surface area contributed by atoms with E-state index < -0.39 is 0 Å². The van der Waals surface area contributed by atoms with Crippen LogP contribution in [-0.4, -0.2) is 23.9 Å². The molecule has 0 unspecified atom stereocenters. The summed E-state index contributed by atoms with van der Waals surface area (Å²) in [7, 11) is 0. The molecule has 1 saturated carbocycles. The molecule has 0 atom stereocenters. The molecule has 0 aromatic heterocycles. The lowest BCUT2D eigenvalue weighted by Crippen LogP contribution is -2.32. The van der Waals surface area contributed by atoms with Crippen molar-refractivity contribution in [1.82, 2.24) is 4.90 Å². The molecule has 0 heterocycles. The van der Waals surface area contributed by atoms with Gasteiger partial charge >= 0.3 is 0 Å². The maximum absolute atomic E-state index is 12.9. The van der Waals surface area contributed by atoms with Gasteiger partial charge in [0.15, 0.2) is 0 Å². The molecule has 0 bridgehead atoms. The second-order valence-corrected chi connectivity index (χ2v) is 5.24. The number of benzene rings is 1. The fourth-order valence-electron chi connectivity index (χ4n) is 2.09. The summed E-state index contributed by atoms with van der Waals surface area (Å²) in [5, 5.41) is 0. The van der Waals surface area contributed by atoms with Crippen molar-refractivity contribution < 1.29 is 9.18 Å². The summed E-state index contributed by atoms with van der Waals surface area (Å²) < 4.78 is 12.9. The topological polar surface area (TPSA) is 46.3 Å². The first-order chi connectivity index (χ1) is 9.19. The van der Waals surface area contributed by atoms with Crippen molar-refractivity contribution in [3.63, 3.8) is 0 Å². The number of carbonyl (C=O) groups excluding carboxylic acids is 1. The Kier molecular flexibility index (Phi) is 6.96. The first-order valence-electron chi connectivity index (χ1n) is 6.91. The zero-order chi connectivity index (χ0) is 13.7. The summed E-state index contributed by atoms with van der Waals surface area (Å²) >= 11 is 0. The van der Waals surface area contributed by atoms with Crippen LogP contribution in [0.25, 0.3) is 0 Å². The minimum Gasteiger partial charge on any atom is -0.338 e. The van der Waals surface area contributed by atoms with Gasteiger partial charge in [0.25, 0.3) is 0 Å². The Labute approximate surface area is 125 Å². The Morgan fingerprint density at radius 1 is 1.30 bits per heavy atom. The average molecular weight is 301 g/mol. The van der Waals surface area contributed by atoms with Crippen LogP contribution in [0.3, 0.4) is 0 Å². The number of halogens is 2. The minimum absolute atomic E-state index is 0. The number of nitrogens with two attached hydrogens (primary N) is 1. The predicted octanol–water partition coefficient (Wildman–Crippen LogP) is 2.73. The average Bonchev–Trinajstić information content (AvgIpc) is 3.21. The number of carbonyl (C=O) groups is 1. The third kappa shape index (κ3) is 5.47. The molecule has 1 amide bonds. The van der Waals surface area contributed by atoms with Crippen LogP contribution in [0.4, 0.5) is 4.39 Å². The van der Waals surface area contributed by atoms with E-state index in [4.69, 9.17) is 5.73 Å². The molecule has 2 rings (SSSR count). The minimum atomic E-state index is -0.244. The SMILES string of the molecule is Cl.NCCCC(=O)N(Cc1ccc(F)cc1)CC1CC1. The van der Waals surface area contributed by atoms with Crippen molar-refractivity contribution in [3.05, 3.63) is 35.6 Å². The highest BCUT2D eigenvalue weighted by Crippen LogP contribution is 2.30. The van der Waals surface area contributed by atoms with Crippen LogP contribution in [0, 0.1) is 11.7 Å². The summed E-state index contributed by atoms with van der Waals surface area (Å²) in [6.07, 6.45) is 3.65. The molecule has 2 N–H and O–H groups in total. The molecule has 5 heteroatoms. The standard InChI is InChI=1S/C15H21FN2O.ClH/c16-14-7-5-13(6-8-14)11-18(10-12-3-4-12)15(19)2-1-9-17;/h5-8,12H,1-4,9-11,17H2;1H. The van der Waals surface area contributed by atoms with Crippen LogP contribution in [0.2, 0.25) is 0 Å². The van der Waals surface area contributed by atoms with Gasteiger partial charge < -0.3 is 10.6 Å². The van der Waals surface area contributed by atoms with E-state index in [-0.39, 0.29) is 24.1 Å². The first-order valence-corrected chi connectivity index (χ1v) is 6.91. The summed E-state index contributed by atoms with van der Waals surface area (Å²) in [6.45, 7) is 1.93. The maximum atomic E-state index is 12.9. The highest BCUT2D eigenvalue weighted by molar-refractivity contribution is 5.85. The van der Waals surface area contributed by atoms with Crippen molar-refractivity contribution >= 4 is 18.3 Å². The predicted molar refractivity (Wildman–Crippen MR) is 80.1 cm³/mol. The Balaban J connectivity index is 0.00000200. The van der Waals surface area contributed by atoms with Crippen molar-refractivity contribution in [2.45, 2.75) is 32.2 Å². The number of amides is 1. The van der Waals surface area contributed by atoms with Crippen LogP contribution >= 0.6 is 12.4 Å². The van der Waals surface area contributed by atoms with Crippen LogP contribution < -0.4 is 5.73 Å². The summed E-state index contributed by atoms with van der Waals surface area (Å²) in [6, 6.07) is 6.36. The molecule has 0 radical (unpaired) electrons. The summed E-state index contributed by atoms with van der Waals surface area (Å²) in [4.78, 5) is 14.0. The van der Waals surface area contributed by atoms with E-state index in [0.29, 0.717) is 25.4 Å². The highest BCUT2D eigenvalue weighted by atomic mass is 35.5. The normalized spacial score (nSPS) is 13.7. The van der Waals surface area contributed by atoms with Gasteiger partial charge in [0.1, 0.15) is 5.82 Å². The molecule has 112 valence electrons. The zero-order valence-electron chi connectivity index (χ0n) is 11.6. The summed E-state index contributed by atoms with van der Waals surface area (Å²) in [5.41, 5.74) is 6.42. The smallest absolute Gasteiger partial charge is 0.222 e. The fraction of sp³-hybridized carbons (Fsp3) is 0.533. The molecule has 0 spiro atoms. The molecule has 1 aliphatic carbocycles. The third-order valence-electron chi connectivity index (χ3n) is 3.41. The Hall–Kier alpha value is -1.13. The van der Waals surface area contributed by atoms with Crippen molar-refractivity contribution in [3.8, 4) is 0 Å². The van der Waals surface area contributed by atoms with Gasteiger partial charge in [-0.15, -0.1) is 12.4 Å². The van der Waals surface area contributed by atoms with Crippen LogP contribution in [0.15, 0.2) is 24.3 Å². The molecule has 20 heavy (non-hydrogen) atoms.